The van der Waals surface area contributed by atoms with Gasteiger partial charge in [0.15, 0.2) is 4.96 Å². The van der Waals surface area contributed by atoms with Gasteiger partial charge in [0.1, 0.15) is 0 Å². The molecule has 5 nitrogen and oxygen atoms in total. The molecule has 4 rings (SSSR count). The van der Waals surface area contributed by atoms with Crippen LogP contribution in [0.25, 0.3) is 16.2 Å². The number of imidazole rings is 1. The maximum absolute atomic E-state index is 12.1. The number of amides is 1. The fraction of sp³-hybridized carbons (Fsp3) is 0.333. The van der Waals surface area contributed by atoms with E-state index in [1.807, 2.05) is 46.4 Å². The van der Waals surface area contributed by atoms with Crippen LogP contribution in [0.3, 0.4) is 0 Å². The summed E-state index contributed by atoms with van der Waals surface area (Å²) in [4.78, 5) is 17.6. The summed E-state index contributed by atoms with van der Waals surface area (Å²) in [6.07, 6.45) is 6.76. The van der Waals surface area contributed by atoms with Gasteiger partial charge in [0.2, 0.25) is 5.91 Å². The maximum atomic E-state index is 12.1. The van der Waals surface area contributed by atoms with E-state index in [4.69, 9.17) is 0 Å². The minimum atomic E-state index is 0.0946. The summed E-state index contributed by atoms with van der Waals surface area (Å²) in [6.45, 7) is 2.13. The van der Waals surface area contributed by atoms with Crippen LogP contribution in [-0.2, 0) is 4.79 Å². The van der Waals surface area contributed by atoms with Crippen LogP contribution in [0.15, 0.2) is 42.0 Å². The Hall–Kier alpha value is -2.18. The van der Waals surface area contributed by atoms with Gasteiger partial charge in [-0.1, -0.05) is 12.1 Å². The molecule has 2 aromatic heterocycles. The van der Waals surface area contributed by atoms with Crippen LogP contribution in [0.1, 0.15) is 19.3 Å². The second kappa shape index (κ2) is 6.75. The third-order valence-corrected chi connectivity index (χ3v) is 5.27. The number of rotatable bonds is 5. The number of hydrogen-bond acceptors (Lipinski definition) is 4. The third-order valence-electron chi connectivity index (χ3n) is 4.50. The number of anilines is 1. The van der Waals surface area contributed by atoms with E-state index in [2.05, 4.69) is 15.6 Å². The largest absolute Gasteiger partial charge is 0.326 e. The molecule has 0 aliphatic carbocycles. The topological polar surface area (TPSA) is 58.4 Å². The smallest absolute Gasteiger partial charge is 0.224 e. The van der Waals surface area contributed by atoms with Gasteiger partial charge in [-0.2, -0.15) is 0 Å². The first-order chi connectivity index (χ1) is 11.8. The average Bonchev–Trinajstić information content (AvgIpc) is 3.30. The van der Waals surface area contributed by atoms with Crippen molar-refractivity contribution in [3.05, 3.63) is 42.0 Å². The summed E-state index contributed by atoms with van der Waals surface area (Å²) < 4.78 is 2.02. The summed E-state index contributed by atoms with van der Waals surface area (Å²) in [6, 6.07) is 7.89. The van der Waals surface area contributed by atoms with Crippen LogP contribution in [0, 0.1) is 5.92 Å². The van der Waals surface area contributed by atoms with Gasteiger partial charge in [-0.25, -0.2) is 4.98 Å². The molecule has 0 spiro atoms. The molecule has 1 aliphatic heterocycles. The zero-order valence-corrected chi connectivity index (χ0v) is 14.2. The second-order valence-corrected chi connectivity index (χ2v) is 7.12. The SMILES string of the molecule is O=C(CCC1CCNC1)Nc1ccc(-c2cn3ccsc3n2)cc1. The fourth-order valence-electron chi connectivity index (χ4n) is 3.11. The third kappa shape index (κ3) is 3.34. The van der Waals surface area contributed by atoms with Gasteiger partial charge >= 0.3 is 0 Å². The van der Waals surface area contributed by atoms with Crippen LogP contribution in [-0.4, -0.2) is 28.4 Å². The van der Waals surface area contributed by atoms with E-state index >= 15 is 0 Å². The van der Waals surface area contributed by atoms with Crippen LogP contribution >= 0.6 is 11.3 Å². The van der Waals surface area contributed by atoms with Crippen molar-refractivity contribution in [2.75, 3.05) is 18.4 Å². The monoisotopic (exact) mass is 340 g/mol. The number of hydrogen-bond donors (Lipinski definition) is 2. The molecule has 3 heterocycles. The first kappa shape index (κ1) is 15.4. The molecule has 1 fully saturated rings. The lowest BCUT2D eigenvalue weighted by atomic mass is 10.0. The van der Waals surface area contributed by atoms with Crippen molar-refractivity contribution >= 4 is 27.9 Å². The van der Waals surface area contributed by atoms with Crippen molar-refractivity contribution in [1.29, 1.82) is 0 Å². The maximum Gasteiger partial charge on any atom is 0.224 e. The molecular weight excluding hydrogens is 320 g/mol. The quantitative estimate of drug-likeness (QED) is 0.748. The molecule has 0 bridgehead atoms. The van der Waals surface area contributed by atoms with Crippen molar-refractivity contribution in [1.82, 2.24) is 14.7 Å². The van der Waals surface area contributed by atoms with Gasteiger partial charge in [0, 0.05) is 35.4 Å². The van der Waals surface area contributed by atoms with Crippen LogP contribution in [0.5, 0.6) is 0 Å². The summed E-state index contributed by atoms with van der Waals surface area (Å²) in [5.41, 5.74) is 2.85. The predicted octanol–water partition coefficient (Wildman–Crippen LogP) is 3.39. The molecule has 1 amide bonds. The number of thiazole rings is 1. The highest BCUT2D eigenvalue weighted by molar-refractivity contribution is 7.15. The van der Waals surface area contributed by atoms with Crippen molar-refractivity contribution < 1.29 is 4.79 Å². The van der Waals surface area contributed by atoms with Gasteiger partial charge in [-0.15, -0.1) is 11.3 Å². The van der Waals surface area contributed by atoms with E-state index in [1.54, 1.807) is 11.3 Å². The minimum Gasteiger partial charge on any atom is -0.326 e. The van der Waals surface area contributed by atoms with Crippen molar-refractivity contribution in [3.63, 3.8) is 0 Å². The first-order valence-electron chi connectivity index (χ1n) is 8.31. The minimum absolute atomic E-state index is 0.0946. The normalized spacial score (nSPS) is 17.4. The Morgan fingerprint density at radius 3 is 3.00 bits per heavy atom. The van der Waals surface area contributed by atoms with E-state index in [9.17, 15) is 4.79 Å². The summed E-state index contributed by atoms with van der Waals surface area (Å²) in [7, 11) is 0. The second-order valence-electron chi connectivity index (χ2n) is 6.24. The number of carbonyl (C=O) groups excluding carboxylic acids is 1. The van der Waals surface area contributed by atoms with Gasteiger partial charge in [-0.3, -0.25) is 9.20 Å². The molecule has 124 valence electrons. The highest BCUT2D eigenvalue weighted by atomic mass is 32.1. The Labute approximate surface area is 144 Å². The highest BCUT2D eigenvalue weighted by Crippen LogP contribution is 2.23. The van der Waals surface area contributed by atoms with Gasteiger partial charge in [0.25, 0.3) is 0 Å². The van der Waals surface area contributed by atoms with Crippen molar-refractivity contribution in [2.45, 2.75) is 19.3 Å². The van der Waals surface area contributed by atoms with Crippen LogP contribution in [0.2, 0.25) is 0 Å². The van der Waals surface area contributed by atoms with Gasteiger partial charge in [-0.05, 0) is 44.0 Å². The molecule has 1 aliphatic rings. The summed E-state index contributed by atoms with van der Waals surface area (Å²) in [5, 5.41) is 8.34. The Morgan fingerprint density at radius 1 is 1.38 bits per heavy atom. The zero-order valence-electron chi connectivity index (χ0n) is 13.4. The van der Waals surface area contributed by atoms with E-state index in [0.717, 1.165) is 41.4 Å². The molecule has 2 N–H and O–H groups in total. The Balaban J connectivity index is 1.36. The zero-order chi connectivity index (χ0) is 16.4. The molecule has 24 heavy (non-hydrogen) atoms. The Kier molecular flexibility index (Phi) is 4.32. The Morgan fingerprint density at radius 2 is 2.25 bits per heavy atom. The summed E-state index contributed by atoms with van der Waals surface area (Å²) in [5.74, 6) is 0.741. The molecule has 1 aromatic carbocycles. The Bertz CT molecular complexity index is 802. The molecule has 1 atom stereocenters. The van der Waals surface area contributed by atoms with E-state index < -0.39 is 0 Å². The average molecular weight is 340 g/mol. The first-order valence-corrected chi connectivity index (χ1v) is 9.19. The number of nitrogens with one attached hydrogen (secondary N) is 2. The lowest BCUT2D eigenvalue weighted by Gasteiger charge is -2.09. The van der Waals surface area contributed by atoms with E-state index in [0.29, 0.717) is 12.3 Å². The standard InChI is InChI=1S/C18H20N4OS/c23-17(6-1-13-7-8-19-11-13)20-15-4-2-14(3-5-15)16-12-22-9-10-24-18(22)21-16/h2-5,9-10,12-13,19H,1,6-8,11H2,(H,20,23). The lowest BCUT2D eigenvalue weighted by molar-refractivity contribution is -0.116. The van der Waals surface area contributed by atoms with Crippen LogP contribution < -0.4 is 10.6 Å². The molecule has 3 aromatic rings. The highest BCUT2D eigenvalue weighted by Gasteiger charge is 2.15. The number of benzene rings is 1. The van der Waals surface area contributed by atoms with Gasteiger partial charge in [0.05, 0.1) is 5.69 Å². The fourth-order valence-corrected chi connectivity index (χ4v) is 3.81. The van der Waals surface area contributed by atoms with Crippen LogP contribution in [0.4, 0.5) is 5.69 Å². The summed E-state index contributed by atoms with van der Waals surface area (Å²) >= 11 is 1.62. The number of aromatic nitrogens is 2. The molecule has 1 saturated heterocycles. The van der Waals surface area contributed by atoms with Crippen molar-refractivity contribution in [3.8, 4) is 11.3 Å². The van der Waals surface area contributed by atoms with E-state index in [-0.39, 0.29) is 5.91 Å². The van der Waals surface area contributed by atoms with Gasteiger partial charge < -0.3 is 10.6 Å². The number of nitrogens with zero attached hydrogens (tertiary/aromatic N) is 2. The lowest BCUT2D eigenvalue weighted by Crippen LogP contribution is -2.14. The molecule has 6 heteroatoms. The number of carbonyl (C=O) groups is 1. The molecule has 0 radical (unpaired) electrons. The predicted molar refractivity (Wildman–Crippen MR) is 97.3 cm³/mol. The molecule has 1 unspecified atom stereocenters. The van der Waals surface area contributed by atoms with Crippen molar-refractivity contribution in [2.24, 2.45) is 5.92 Å². The number of fused-ring (bicyclic) bond motifs is 1. The molecular formula is C18H20N4OS. The van der Waals surface area contributed by atoms with E-state index in [1.165, 1.54) is 6.42 Å². The molecule has 0 saturated carbocycles.